The van der Waals surface area contributed by atoms with Gasteiger partial charge in [0.05, 0.1) is 5.57 Å². The minimum atomic E-state index is -0.401. The molecular formula is C19H14O4. The van der Waals surface area contributed by atoms with Crippen LogP contribution in [0.2, 0.25) is 0 Å². The smallest absolute Gasteiger partial charge is 0.343 e. The molecule has 2 aromatic carbocycles. The van der Waals surface area contributed by atoms with Crippen molar-refractivity contribution in [1.82, 2.24) is 0 Å². The van der Waals surface area contributed by atoms with Crippen LogP contribution in [-0.4, -0.2) is 11.9 Å². The molecule has 0 unspecified atom stereocenters. The number of cyclic esters (lactones) is 1. The van der Waals surface area contributed by atoms with E-state index in [0.717, 1.165) is 11.1 Å². The van der Waals surface area contributed by atoms with E-state index in [9.17, 15) is 9.59 Å². The molecule has 0 amide bonds. The number of ether oxygens (including phenoxy) is 2. The molecule has 3 rings (SSSR count). The van der Waals surface area contributed by atoms with E-state index < -0.39 is 5.97 Å². The van der Waals surface area contributed by atoms with Crippen LogP contribution in [0.3, 0.4) is 0 Å². The highest BCUT2D eigenvalue weighted by atomic mass is 16.5. The van der Waals surface area contributed by atoms with Crippen LogP contribution in [0.5, 0.6) is 5.75 Å². The Kier molecular flexibility index (Phi) is 4.06. The van der Waals surface area contributed by atoms with Gasteiger partial charge in [-0.25, -0.2) is 4.79 Å². The summed E-state index contributed by atoms with van der Waals surface area (Å²) in [6.07, 6.45) is 3.40. The maximum absolute atomic E-state index is 12.0. The molecule has 1 aliphatic heterocycles. The predicted octanol–water partition coefficient (Wildman–Crippen LogP) is 3.59. The maximum Gasteiger partial charge on any atom is 0.343 e. The molecule has 0 saturated carbocycles. The van der Waals surface area contributed by atoms with Crippen LogP contribution in [0, 0.1) is 0 Å². The Bertz CT molecular complexity index is 816. The molecule has 1 heterocycles. The number of hydrogen-bond acceptors (Lipinski definition) is 4. The van der Waals surface area contributed by atoms with Gasteiger partial charge in [0, 0.05) is 12.5 Å². The zero-order valence-corrected chi connectivity index (χ0v) is 12.5. The Balaban J connectivity index is 1.89. The number of esters is 2. The van der Waals surface area contributed by atoms with Crippen molar-refractivity contribution in [2.75, 3.05) is 0 Å². The van der Waals surface area contributed by atoms with E-state index in [1.54, 1.807) is 30.4 Å². The SMILES string of the molecule is CC(=O)Oc1cccc(/C=C2/C=C(c3ccccc3)OC2=O)c1. The third-order valence-electron chi connectivity index (χ3n) is 3.23. The maximum atomic E-state index is 12.0. The molecule has 0 saturated heterocycles. The first-order valence-corrected chi connectivity index (χ1v) is 7.11. The number of carbonyl (C=O) groups is 2. The fraction of sp³-hybridized carbons (Fsp3) is 0.0526. The molecule has 0 aliphatic carbocycles. The van der Waals surface area contributed by atoms with Crippen molar-refractivity contribution in [2.24, 2.45) is 0 Å². The second kappa shape index (κ2) is 6.32. The third kappa shape index (κ3) is 3.55. The topological polar surface area (TPSA) is 52.6 Å². The quantitative estimate of drug-likeness (QED) is 0.494. The second-order valence-electron chi connectivity index (χ2n) is 5.03. The first-order chi connectivity index (χ1) is 11.1. The largest absolute Gasteiger partial charge is 0.427 e. The van der Waals surface area contributed by atoms with Crippen LogP contribution in [0.4, 0.5) is 0 Å². The first kappa shape index (κ1) is 14.8. The Morgan fingerprint density at radius 2 is 1.87 bits per heavy atom. The second-order valence-corrected chi connectivity index (χ2v) is 5.03. The highest BCUT2D eigenvalue weighted by molar-refractivity contribution is 6.05. The summed E-state index contributed by atoms with van der Waals surface area (Å²) in [5.41, 5.74) is 2.04. The van der Waals surface area contributed by atoms with E-state index in [2.05, 4.69) is 0 Å². The Morgan fingerprint density at radius 1 is 1.09 bits per heavy atom. The fourth-order valence-electron chi connectivity index (χ4n) is 2.25. The van der Waals surface area contributed by atoms with Crippen LogP contribution < -0.4 is 4.74 Å². The molecular weight excluding hydrogens is 292 g/mol. The Labute approximate surface area is 133 Å². The average molecular weight is 306 g/mol. The number of rotatable bonds is 3. The fourth-order valence-corrected chi connectivity index (χ4v) is 2.25. The summed E-state index contributed by atoms with van der Waals surface area (Å²) in [6, 6.07) is 16.4. The summed E-state index contributed by atoms with van der Waals surface area (Å²) in [5.74, 6) is 0.173. The average Bonchev–Trinajstić information content (AvgIpc) is 2.89. The molecule has 23 heavy (non-hydrogen) atoms. The normalized spacial score (nSPS) is 15.3. The molecule has 0 N–H and O–H groups in total. The molecule has 0 spiro atoms. The van der Waals surface area contributed by atoms with Gasteiger partial charge in [-0.1, -0.05) is 42.5 Å². The Morgan fingerprint density at radius 3 is 2.61 bits per heavy atom. The number of benzene rings is 2. The lowest BCUT2D eigenvalue weighted by atomic mass is 10.1. The van der Waals surface area contributed by atoms with Crippen molar-refractivity contribution in [3.63, 3.8) is 0 Å². The van der Waals surface area contributed by atoms with Gasteiger partial charge in [0.1, 0.15) is 11.5 Å². The molecule has 4 nitrogen and oxygen atoms in total. The summed E-state index contributed by atoms with van der Waals surface area (Å²) in [7, 11) is 0. The minimum absolute atomic E-state index is 0.388. The van der Waals surface area contributed by atoms with Gasteiger partial charge in [0.25, 0.3) is 0 Å². The van der Waals surface area contributed by atoms with Crippen LogP contribution in [0.1, 0.15) is 18.1 Å². The third-order valence-corrected chi connectivity index (χ3v) is 3.23. The van der Waals surface area contributed by atoms with Gasteiger partial charge < -0.3 is 9.47 Å². The Hall–Kier alpha value is -3.14. The highest BCUT2D eigenvalue weighted by Gasteiger charge is 2.21. The summed E-state index contributed by atoms with van der Waals surface area (Å²) in [4.78, 5) is 23.0. The van der Waals surface area contributed by atoms with Gasteiger partial charge >= 0.3 is 11.9 Å². The van der Waals surface area contributed by atoms with Gasteiger partial charge in [0.2, 0.25) is 0 Å². The monoisotopic (exact) mass is 306 g/mol. The lowest BCUT2D eigenvalue weighted by Crippen LogP contribution is -2.01. The van der Waals surface area contributed by atoms with Gasteiger partial charge in [-0.05, 0) is 29.8 Å². The van der Waals surface area contributed by atoms with E-state index in [4.69, 9.17) is 9.47 Å². The first-order valence-electron chi connectivity index (χ1n) is 7.11. The molecule has 4 heteroatoms. The van der Waals surface area contributed by atoms with Crippen molar-refractivity contribution < 1.29 is 19.1 Å². The van der Waals surface area contributed by atoms with E-state index in [-0.39, 0.29) is 5.97 Å². The van der Waals surface area contributed by atoms with Crippen molar-refractivity contribution in [2.45, 2.75) is 6.92 Å². The van der Waals surface area contributed by atoms with Gasteiger partial charge in [-0.3, -0.25) is 4.79 Å². The summed E-state index contributed by atoms with van der Waals surface area (Å²) >= 11 is 0. The zero-order valence-electron chi connectivity index (χ0n) is 12.5. The standard InChI is InChI=1S/C19H14O4/c1-13(20)22-17-9-5-6-14(11-17)10-16-12-18(23-19(16)21)15-7-3-2-4-8-15/h2-12H,1H3/b16-10-. The minimum Gasteiger partial charge on any atom is -0.427 e. The lowest BCUT2D eigenvalue weighted by Gasteiger charge is -2.02. The predicted molar refractivity (Wildman–Crippen MR) is 86.2 cm³/mol. The van der Waals surface area contributed by atoms with E-state index in [0.29, 0.717) is 17.1 Å². The van der Waals surface area contributed by atoms with Crippen molar-refractivity contribution in [1.29, 1.82) is 0 Å². The molecule has 2 aromatic rings. The molecule has 1 aliphatic rings. The molecule has 0 radical (unpaired) electrons. The van der Waals surface area contributed by atoms with Crippen molar-refractivity contribution in [3.05, 3.63) is 77.4 Å². The number of hydrogen-bond donors (Lipinski definition) is 0. The van der Waals surface area contributed by atoms with Gasteiger partial charge in [-0.15, -0.1) is 0 Å². The molecule has 114 valence electrons. The van der Waals surface area contributed by atoms with Crippen LogP contribution in [-0.2, 0) is 14.3 Å². The molecule has 0 fully saturated rings. The van der Waals surface area contributed by atoms with Crippen LogP contribution >= 0.6 is 0 Å². The molecule has 0 bridgehead atoms. The van der Waals surface area contributed by atoms with Gasteiger partial charge in [-0.2, -0.15) is 0 Å². The van der Waals surface area contributed by atoms with Gasteiger partial charge in [0.15, 0.2) is 0 Å². The van der Waals surface area contributed by atoms with Crippen molar-refractivity contribution >= 4 is 23.8 Å². The van der Waals surface area contributed by atoms with E-state index in [1.165, 1.54) is 6.92 Å². The molecule has 0 aromatic heterocycles. The van der Waals surface area contributed by atoms with Crippen LogP contribution in [0.15, 0.2) is 66.2 Å². The summed E-state index contributed by atoms with van der Waals surface area (Å²) in [6.45, 7) is 1.34. The highest BCUT2D eigenvalue weighted by Crippen LogP contribution is 2.27. The zero-order chi connectivity index (χ0) is 16.2. The number of carbonyl (C=O) groups excluding carboxylic acids is 2. The molecule has 0 atom stereocenters. The summed E-state index contributed by atoms with van der Waals surface area (Å²) in [5, 5.41) is 0. The van der Waals surface area contributed by atoms with Crippen LogP contribution in [0.25, 0.3) is 11.8 Å². The summed E-state index contributed by atoms with van der Waals surface area (Å²) < 4.78 is 10.3. The van der Waals surface area contributed by atoms with E-state index >= 15 is 0 Å². The van der Waals surface area contributed by atoms with Crippen molar-refractivity contribution in [3.8, 4) is 5.75 Å². The van der Waals surface area contributed by atoms with E-state index in [1.807, 2.05) is 36.4 Å². The lowest BCUT2D eigenvalue weighted by molar-refractivity contribution is -0.132.